The van der Waals surface area contributed by atoms with Gasteiger partial charge in [0.25, 0.3) is 0 Å². The van der Waals surface area contributed by atoms with E-state index in [9.17, 15) is 27.1 Å². The molecule has 5 rings (SSSR count). The fourth-order valence-corrected chi connectivity index (χ4v) is 5.86. The van der Waals surface area contributed by atoms with Crippen molar-refractivity contribution in [2.24, 2.45) is 5.41 Å². The van der Waals surface area contributed by atoms with E-state index in [2.05, 4.69) is 4.98 Å². The maximum Gasteiger partial charge on any atom is 0.398 e. The standard InChI is InChI=1S/C25H28F5N3O/c1-22(14-32(2)15-22)24(34,17-5-3-16(4-6-17)23(7-8-23)25(28,29)30)18-9-19(11-31-10-18)33-12-20(26)21(27)13-33/h3-6,9-11,20-21,34H,7-8,12-15H2,1-2H3/t20-,21+,24?. The number of nitrogens with zero attached hydrogens (tertiary/aromatic N) is 3. The summed E-state index contributed by atoms with van der Waals surface area (Å²) in [6, 6.07) is 7.76. The zero-order valence-corrected chi connectivity index (χ0v) is 19.1. The molecule has 3 fully saturated rings. The Labute approximate surface area is 195 Å². The van der Waals surface area contributed by atoms with Crippen molar-refractivity contribution in [1.82, 2.24) is 9.88 Å². The Morgan fingerprint density at radius 2 is 1.56 bits per heavy atom. The van der Waals surface area contributed by atoms with E-state index in [0.29, 0.717) is 29.9 Å². The molecule has 1 unspecified atom stereocenters. The summed E-state index contributed by atoms with van der Waals surface area (Å²) in [4.78, 5) is 7.86. The van der Waals surface area contributed by atoms with Crippen LogP contribution in [0.2, 0.25) is 0 Å². The fourth-order valence-electron chi connectivity index (χ4n) is 5.86. The van der Waals surface area contributed by atoms with Crippen LogP contribution in [0.15, 0.2) is 42.7 Å². The first-order valence-electron chi connectivity index (χ1n) is 11.5. The smallest absolute Gasteiger partial charge is 0.380 e. The van der Waals surface area contributed by atoms with Crippen LogP contribution in [-0.4, -0.2) is 66.7 Å². The summed E-state index contributed by atoms with van der Waals surface area (Å²) in [6.45, 7) is 2.85. The van der Waals surface area contributed by atoms with Crippen molar-refractivity contribution in [3.63, 3.8) is 0 Å². The highest BCUT2D eigenvalue weighted by atomic mass is 19.4. The van der Waals surface area contributed by atoms with E-state index >= 15 is 0 Å². The third kappa shape index (κ3) is 3.42. The monoisotopic (exact) mass is 481 g/mol. The first-order chi connectivity index (χ1) is 15.9. The highest BCUT2D eigenvalue weighted by Crippen LogP contribution is 2.59. The van der Waals surface area contributed by atoms with Gasteiger partial charge in [0.1, 0.15) is 5.60 Å². The second kappa shape index (κ2) is 7.62. The van der Waals surface area contributed by atoms with E-state index in [0.717, 1.165) is 0 Å². The van der Waals surface area contributed by atoms with E-state index in [-0.39, 0.29) is 31.5 Å². The second-order valence-corrected chi connectivity index (χ2v) is 10.5. The van der Waals surface area contributed by atoms with Gasteiger partial charge >= 0.3 is 6.18 Å². The molecule has 184 valence electrons. The molecule has 1 N–H and O–H groups in total. The molecule has 1 aromatic heterocycles. The molecule has 3 atom stereocenters. The number of aliphatic hydroxyl groups is 1. The second-order valence-electron chi connectivity index (χ2n) is 10.5. The van der Waals surface area contributed by atoms with E-state index in [1.807, 2.05) is 18.9 Å². The highest BCUT2D eigenvalue weighted by Gasteiger charge is 2.64. The molecule has 0 radical (unpaired) electrons. The third-order valence-electron chi connectivity index (χ3n) is 7.95. The summed E-state index contributed by atoms with van der Waals surface area (Å²) < 4.78 is 68.4. The van der Waals surface area contributed by atoms with Crippen LogP contribution in [-0.2, 0) is 11.0 Å². The zero-order valence-electron chi connectivity index (χ0n) is 19.1. The lowest BCUT2D eigenvalue weighted by Crippen LogP contribution is -2.63. The van der Waals surface area contributed by atoms with E-state index in [4.69, 9.17) is 0 Å². The van der Waals surface area contributed by atoms with Gasteiger partial charge < -0.3 is 14.9 Å². The SMILES string of the molecule is CN1CC(C)(C(O)(c2ccc(C3(C(F)(F)F)CC3)cc2)c2cncc(N3C[C@@H](F)[C@@H](F)C3)c2)C1. The van der Waals surface area contributed by atoms with Crippen molar-refractivity contribution in [3.05, 3.63) is 59.4 Å². The molecule has 1 saturated carbocycles. The Morgan fingerprint density at radius 3 is 2.06 bits per heavy atom. The Kier molecular flexibility index (Phi) is 5.26. The van der Waals surface area contributed by atoms with E-state index < -0.39 is 35.0 Å². The third-order valence-corrected chi connectivity index (χ3v) is 7.95. The van der Waals surface area contributed by atoms with Gasteiger partial charge in [0.15, 0.2) is 12.3 Å². The van der Waals surface area contributed by atoms with Crippen molar-refractivity contribution in [2.75, 3.05) is 38.1 Å². The van der Waals surface area contributed by atoms with Gasteiger partial charge in [-0.05, 0) is 37.1 Å². The zero-order chi connectivity index (χ0) is 24.5. The number of halogens is 5. The van der Waals surface area contributed by atoms with Crippen LogP contribution in [0.4, 0.5) is 27.6 Å². The minimum atomic E-state index is -4.32. The van der Waals surface area contributed by atoms with Gasteiger partial charge in [0, 0.05) is 30.3 Å². The minimum Gasteiger partial charge on any atom is -0.380 e. The quantitative estimate of drug-likeness (QED) is 0.645. The maximum absolute atomic E-state index is 13.8. The maximum atomic E-state index is 13.8. The average Bonchev–Trinajstić information content (AvgIpc) is 3.53. The molecule has 2 aromatic rings. The summed E-state index contributed by atoms with van der Waals surface area (Å²) in [5.41, 5.74) is -2.37. The van der Waals surface area contributed by atoms with Crippen LogP contribution < -0.4 is 4.90 Å². The number of hydrogen-bond acceptors (Lipinski definition) is 4. The Morgan fingerprint density at radius 1 is 0.971 bits per heavy atom. The summed E-state index contributed by atoms with van der Waals surface area (Å²) in [5.74, 6) is 0. The topological polar surface area (TPSA) is 39.6 Å². The van der Waals surface area contributed by atoms with Gasteiger partial charge in [-0.3, -0.25) is 4.98 Å². The first kappa shape index (κ1) is 23.5. The van der Waals surface area contributed by atoms with Crippen LogP contribution >= 0.6 is 0 Å². The fraction of sp³-hybridized carbons (Fsp3) is 0.560. The Hall–Kier alpha value is -2.26. The van der Waals surface area contributed by atoms with Crippen molar-refractivity contribution in [3.8, 4) is 0 Å². The summed E-state index contributed by atoms with van der Waals surface area (Å²) >= 11 is 0. The minimum absolute atomic E-state index is 0.0650. The van der Waals surface area contributed by atoms with Crippen LogP contribution in [0.5, 0.6) is 0 Å². The average molecular weight is 482 g/mol. The summed E-state index contributed by atoms with van der Waals surface area (Å²) in [6.07, 6.45) is -4.33. The van der Waals surface area contributed by atoms with Crippen LogP contribution in [0.3, 0.4) is 0 Å². The number of benzene rings is 1. The number of likely N-dealkylation sites (tertiary alicyclic amines) is 1. The van der Waals surface area contributed by atoms with Crippen LogP contribution in [0.1, 0.15) is 36.5 Å². The molecule has 1 aliphatic carbocycles. The van der Waals surface area contributed by atoms with E-state index in [1.54, 1.807) is 23.1 Å². The van der Waals surface area contributed by atoms with Gasteiger partial charge in [-0.1, -0.05) is 31.2 Å². The van der Waals surface area contributed by atoms with Gasteiger partial charge in [-0.25, -0.2) is 8.78 Å². The molecule has 2 aliphatic heterocycles. The number of aromatic nitrogens is 1. The van der Waals surface area contributed by atoms with Crippen molar-refractivity contribution in [1.29, 1.82) is 0 Å². The lowest BCUT2D eigenvalue weighted by Gasteiger charge is -2.56. The lowest BCUT2D eigenvalue weighted by molar-refractivity contribution is -0.160. The molecule has 1 aromatic carbocycles. The molecule has 0 bridgehead atoms. The number of rotatable bonds is 5. The molecule has 0 spiro atoms. The normalized spacial score (nSPS) is 27.8. The summed E-state index contributed by atoms with van der Waals surface area (Å²) in [7, 11) is 1.92. The molecule has 34 heavy (non-hydrogen) atoms. The number of alkyl halides is 5. The highest BCUT2D eigenvalue weighted by molar-refractivity contribution is 5.52. The van der Waals surface area contributed by atoms with E-state index in [1.165, 1.54) is 24.5 Å². The molecular formula is C25H28F5N3O. The molecular weight excluding hydrogens is 453 g/mol. The Bertz CT molecular complexity index is 1050. The summed E-state index contributed by atoms with van der Waals surface area (Å²) in [5, 5.41) is 12.2. The van der Waals surface area contributed by atoms with Crippen LogP contribution in [0.25, 0.3) is 0 Å². The number of hydrogen-bond donors (Lipinski definition) is 1. The number of pyridine rings is 1. The molecule has 2 saturated heterocycles. The van der Waals surface area contributed by atoms with Crippen molar-refractivity contribution in [2.45, 2.75) is 49.3 Å². The van der Waals surface area contributed by atoms with Gasteiger partial charge in [0.05, 0.1) is 30.4 Å². The molecule has 4 nitrogen and oxygen atoms in total. The molecule has 3 heterocycles. The van der Waals surface area contributed by atoms with Gasteiger partial charge in [-0.15, -0.1) is 0 Å². The molecule has 3 aliphatic rings. The number of anilines is 1. The van der Waals surface area contributed by atoms with Gasteiger partial charge in [0.2, 0.25) is 0 Å². The molecule has 0 amide bonds. The largest absolute Gasteiger partial charge is 0.398 e. The molecule has 9 heteroatoms. The predicted octanol–water partition coefficient (Wildman–Crippen LogP) is 4.36. The first-order valence-corrected chi connectivity index (χ1v) is 11.5. The lowest BCUT2D eigenvalue weighted by atomic mass is 9.62. The predicted molar refractivity (Wildman–Crippen MR) is 118 cm³/mol. The van der Waals surface area contributed by atoms with Crippen molar-refractivity contribution >= 4 is 5.69 Å². The Balaban J connectivity index is 1.54. The van der Waals surface area contributed by atoms with Crippen LogP contribution in [0, 0.1) is 5.41 Å². The van der Waals surface area contributed by atoms with Gasteiger partial charge in [-0.2, -0.15) is 13.2 Å². The van der Waals surface area contributed by atoms with Crippen molar-refractivity contribution < 1.29 is 27.1 Å².